The van der Waals surface area contributed by atoms with Crippen LogP contribution < -0.4 is 0 Å². The maximum absolute atomic E-state index is 5.41. The van der Waals surface area contributed by atoms with Crippen molar-refractivity contribution in [1.29, 1.82) is 0 Å². The van der Waals surface area contributed by atoms with Crippen molar-refractivity contribution in [2.75, 3.05) is 26.2 Å². The molecule has 0 amide bonds. The minimum absolute atomic E-state index is 0. The van der Waals surface area contributed by atoms with Gasteiger partial charge < -0.3 is 59.5 Å². The predicted molar refractivity (Wildman–Crippen MR) is 455 cm³/mol. The van der Waals surface area contributed by atoms with Crippen molar-refractivity contribution in [3.8, 4) is 0 Å². The van der Waals surface area contributed by atoms with E-state index < -0.39 is 0 Å². The summed E-state index contributed by atoms with van der Waals surface area (Å²) in [5.41, 5.74) is 0. The van der Waals surface area contributed by atoms with Gasteiger partial charge in [-0.3, -0.25) is 0 Å². The molecule has 7 heteroatoms. The van der Waals surface area contributed by atoms with Crippen LogP contribution in [0, 0.1) is 0 Å². The van der Waals surface area contributed by atoms with E-state index in [1.807, 2.05) is 0 Å². The molecule has 0 aromatic heterocycles. The molecule has 2 nitrogen and oxygen atoms in total. The summed E-state index contributed by atoms with van der Waals surface area (Å²) in [4.78, 5) is 4.63. The molecule has 0 unspecified atom stereocenters. The maximum Gasteiger partial charge on any atom is 2.00 e. The van der Waals surface area contributed by atoms with Crippen LogP contribution in [0.15, 0.2) is 0 Å². The quantitative estimate of drug-likeness (QED) is 0.0257. The predicted octanol–water partition coefficient (Wildman–Crippen LogP) is 33.5. The molecule has 0 N–H and O–H groups in total. The second-order valence-electron chi connectivity index (χ2n) is 31.4. The Kier molecular flexibility index (Phi) is 100. The van der Waals surface area contributed by atoms with Crippen molar-refractivity contribution >= 4 is 58.3 Å². The molecule has 0 aromatic rings. The van der Waals surface area contributed by atoms with Crippen molar-refractivity contribution in [2.24, 2.45) is 0 Å². The molecule has 0 atom stereocenters. The van der Waals surface area contributed by atoms with Gasteiger partial charge in [-0.25, -0.2) is 0 Å². The first-order chi connectivity index (χ1) is 47.4. The van der Waals surface area contributed by atoms with Gasteiger partial charge >= 0.3 is 27.3 Å². The molecule has 576 valence electrons. The van der Waals surface area contributed by atoms with Crippen LogP contribution in [0.1, 0.15) is 541 Å². The van der Waals surface area contributed by atoms with E-state index in [1.165, 1.54) is 514 Å². The third-order valence-corrected chi connectivity index (χ3v) is 22.7. The zero-order valence-corrected chi connectivity index (χ0v) is 74.9. The van der Waals surface area contributed by atoms with Crippen LogP contribution in [-0.4, -0.2) is 44.6 Å². The van der Waals surface area contributed by atoms with E-state index in [-0.39, 0.29) is 27.3 Å². The Balaban J connectivity index is -0.00000180. The smallest absolute Gasteiger partial charge is 0.411 e. The molecule has 0 saturated carbocycles. The van der Waals surface area contributed by atoms with E-state index in [0.29, 0.717) is 8.64 Å². The summed E-state index contributed by atoms with van der Waals surface area (Å²) < 4.78 is 1.40. The molecule has 0 heterocycles. The molecule has 0 aliphatic carbocycles. The van der Waals surface area contributed by atoms with Gasteiger partial charge in [-0.2, -0.15) is 0 Å². The van der Waals surface area contributed by atoms with Crippen LogP contribution in [0.4, 0.5) is 0 Å². The zero-order valence-electron chi connectivity index (χ0n) is 67.6. The number of hydrogen-bond acceptors (Lipinski definition) is 4. The summed E-state index contributed by atoms with van der Waals surface area (Å²) in [6.07, 6.45) is 115. The van der Waals surface area contributed by atoms with Gasteiger partial charge in [-0.05, 0) is 25.7 Å². The number of hydrogen-bond donors (Lipinski definition) is 0. The minimum Gasteiger partial charge on any atom is -0.411 e. The molecular formula is C90H180CdN2S4. The SMILES string of the molecule is CCCCCCCCCCCCCCCCCCCCCCN(CCCCCCCCCCCCCCCCCCCCCC)C(=S)[S-].CCCCCCCCCCCCCCCCCCCCCCN(CCCCCCCCCCCCCCCCCCCCCC)C(=S)[S-].[Cd+2]. The fourth-order valence-electron chi connectivity index (χ4n) is 14.8. The summed E-state index contributed by atoms with van der Waals surface area (Å²) in [6.45, 7) is 13.6. The average molecular weight is 1530 g/mol. The minimum atomic E-state index is 0. The van der Waals surface area contributed by atoms with E-state index in [1.54, 1.807) is 0 Å². The van der Waals surface area contributed by atoms with Gasteiger partial charge in [-0.15, -0.1) is 0 Å². The molecule has 0 aromatic carbocycles. The van der Waals surface area contributed by atoms with E-state index in [0.717, 1.165) is 26.2 Å². The molecular weight excluding hydrogens is 1350 g/mol. The molecule has 0 radical (unpaired) electrons. The van der Waals surface area contributed by atoms with Gasteiger partial charge in [0.1, 0.15) is 0 Å². The third-order valence-electron chi connectivity index (χ3n) is 21.6. The third kappa shape index (κ3) is 93.2. The first-order valence-corrected chi connectivity index (χ1v) is 47.0. The van der Waals surface area contributed by atoms with E-state index in [4.69, 9.17) is 49.7 Å². The summed E-state index contributed by atoms with van der Waals surface area (Å²) in [6, 6.07) is 0. The number of unbranched alkanes of at least 4 members (excludes halogenated alkanes) is 76. The molecule has 0 aliphatic rings. The van der Waals surface area contributed by atoms with E-state index >= 15 is 0 Å². The Morgan fingerprint density at radius 1 is 0.155 bits per heavy atom. The van der Waals surface area contributed by atoms with Crippen LogP contribution in [0.3, 0.4) is 0 Å². The summed E-state index contributed by atoms with van der Waals surface area (Å²) >= 11 is 21.6. The van der Waals surface area contributed by atoms with E-state index in [9.17, 15) is 0 Å². The Hall–Kier alpha value is 1.14. The van der Waals surface area contributed by atoms with Crippen LogP contribution in [0.2, 0.25) is 0 Å². The molecule has 0 aliphatic heterocycles. The largest absolute Gasteiger partial charge is 2.00 e. The van der Waals surface area contributed by atoms with Crippen molar-refractivity contribution in [1.82, 2.24) is 9.80 Å². The van der Waals surface area contributed by atoms with Gasteiger partial charge in [0.15, 0.2) is 0 Å². The molecule has 0 fully saturated rings. The van der Waals surface area contributed by atoms with Crippen LogP contribution in [0.25, 0.3) is 0 Å². The number of nitrogens with zero attached hydrogens (tertiary/aromatic N) is 2. The van der Waals surface area contributed by atoms with E-state index in [2.05, 4.69) is 37.5 Å². The standard InChI is InChI=1S/2C45H91NS2.Cd/c2*1-3-5-7-9-11-13-15-17-19-21-23-25-27-29-31-33-35-37-39-41-43-46(45(47)48)44-42-40-38-36-34-32-30-28-26-24-22-20-18-16-14-12-10-8-6-4-2;/h2*3-44H2,1-2H3,(H,47,48);/q;;+2/p-2. The second-order valence-corrected chi connectivity index (χ2v) is 33.4. The Morgan fingerprint density at radius 3 is 0.299 bits per heavy atom. The second kappa shape index (κ2) is 95.2. The first kappa shape index (κ1) is 102. The molecule has 0 bridgehead atoms. The van der Waals surface area contributed by atoms with Crippen molar-refractivity contribution in [3.05, 3.63) is 0 Å². The van der Waals surface area contributed by atoms with Crippen molar-refractivity contribution < 1.29 is 27.3 Å². The molecule has 0 saturated heterocycles. The van der Waals surface area contributed by atoms with Gasteiger partial charge in [-0.1, -0.05) is 524 Å². The Bertz CT molecular complexity index is 1210. The zero-order chi connectivity index (χ0) is 69.7. The fraction of sp³-hybridized carbons (Fsp3) is 0.978. The van der Waals surface area contributed by atoms with Crippen LogP contribution >= 0.6 is 24.4 Å². The Morgan fingerprint density at radius 2 is 0.227 bits per heavy atom. The summed E-state index contributed by atoms with van der Waals surface area (Å²) in [7, 11) is 0. The summed E-state index contributed by atoms with van der Waals surface area (Å²) in [5, 5.41) is 0. The normalized spacial score (nSPS) is 11.3. The number of rotatable bonds is 84. The average Bonchev–Trinajstić information content (AvgIpc) is 3.76. The number of thiocarbonyl (C=S) groups is 2. The van der Waals surface area contributed by atoms with Gasteiger partial charge in [0.2, 0.25) is 0 Å². The van der Waals surface area contributed by atoms with Gasteiger partial charge in [0.05, 0.1) is 0 Å². The molecule has 0 spiro atoms. The topological polar surface area (TPSA) is 6.48 Å². The first-order valence-electron chi connectivity index (χ1n) is 45.4. The van der Waals surface area contributed by atoms with Crippen molar-refractivity contribution in [2.45, 2.75) is 541 Å². The van der Waals surface area contributed by atoms with Crippen LogP contribution in [-0.2, 0) is 52.6 Å². The molecule has 0 rings (SSSR count). The van der Waals surface area contributed by atoms with Gasteiger partial charge in [0.25, 0.3) is 0 Å². The van der Waals surface area contributed by atoms with Gasteiger partial charge in [0, 0.05) is 26.2 Å². The fourth-order valence-corrected chi connectivity index (χ4v) is 15.6. The van der Waals surface area contributed by atoms with Crippen LogP contribution in [0.5, 0.6) is 0 Å². The maximum atomic E-state index is 5.41. The molecule has 97 heavy (non-hydrogen) atoms. The summed E-state index contributed by atoms with van der Waals surface area (Å²) in [5.74, 6) is 0. The van der Waals surface area contributed by atoms with Crippen molar-refractivity contribution in [3.63, 3.8) is 0 Å². The Labute approximate surface area is 657 Å². The monoisotopic (exact) mass is 1530 g/mol.